The average molecular weight is 366 g/mol. The second-order valence-electron chi connectivity index (χ2n) is 8.25. The summed E-state index contributed by atoms with van der Waals surface area (Å²) in [4.78, 5) is 4.52. The minimum atomic E-state index is -3.05. The van der Waals surface area contributed by atoms with Crippen LogP contribution in [0, 0.1) is 5.92 Å². The van der Waals surface area contributed by atoms with Crippen molar-refractivity contribution in [1.29, 1.82) is 0 Å². The summed E-state index contributed by atoms with van der Waals surface area (Å²) in [5.41, 5.74) is 1.73. The Hall–Kier alpha value is -1.70. The highest BCUT2D eigenvalue weighted by molar-refractivity contribution is 7.91. The molecule has 7 nitrogen and oxygen atoms in total. The lowest BCUT2D eigenvalue weighted by Crippen LogP contribution is -2.17. The fourth-order valence-electron chi connectivity index (χ4n) is 2.82. The Morgan fingerprint density at radius 2 is 2.04 bits per heavy atom. The van der Waals surface area contributed by atoms with Gasteiger partial charge in [-0.2, -0.15) is 10.2 Å². The first kappa shape index (κ1) is 18.1. The van der Waals surface area contributed by atoms with Crippen LogP contribution in [0.25, 0.3) is 11.5 Å². The molecule has 2 aromatic rings. The molecule has 3 rings (SSSR count). The Morgan fingerprint density at radius 1 is 1.36 bits per heavy atom. The molecule has 138 valence electrons. The number of hydrogen-bond acceptors (Lipinski definition) is 5. The summed E-state index contributed by atoms with van der Waals surface area (Å²) in [6.45, 7) is 8.19. The molecule has 0 amide bonds. The molecule has 0 bridgehead atoms. The highest BCUT2D eigenvalue weighted by Gasteiger charge is 2.30. The first-order chi connectivity index (χ1) is 11.5. The molecule has 0 aromatic carbocycles. The van der Waals surface area contributed by atoms with Crippen LogP contribution in [-0.2, 0) is 22.3 Å². The van der Waals surface area contributed by atoms with Gasteiger partial charge in [0.15, 0.2) is 15.7 Å². The first-order valence-corrected chi connectivity index (χ1v) is 10.5. The van der Waals surface area contributed by atoms with Gasteiger partial charge in [-0.15, -0.1) is 0 Å². The Morgan fingerprint density at radius 3 is 2.60 bits per heavy atom. The molecule has 2 heterocycles. The van der Waals surface area contributed by atoms with E-state index in [0.29, 0.717) is 23.3 Å². The van der Waals surface area contributed by atoms with Crippen molar-refractivity contribution >= 4 is 9.84 Å². The van der Waals surface area contributed by atoms with Crippen LogP contribution >= 0.6 is 0 Å². The monoisotopic (exact) mass is 365 g/mol. The maximum absolute atomic E-state index is 12.2. The second-order valence-corrected chi connectivity index (χ2v) is 10.4. The van der Waals surface area contributed by atoms with E-state index in [0.717, 1.165) is 24.2 Å². The average Bonchev–Trinajstić information content (AvgIpc) is 2.99. The van der Waals surface area contributed by atoms with Crippen LogP contribution in [0.15, 0.2) is 6.07 Å². The summed E-state index contributed by atoms with van der Waals surface area (Å²) in [6, 6.07) is 1.99. The molecule has 0 spiro atoms. The number of nitrogens with one attached hydrogen (secondary N) is 1. The molecule has 1 unspecified atom stereocenters. The molecule has 1 N–H and O–H groups in total. The van der Waals surface area contributed by atoms with Gasteiger partial charge in [0.05, 0.1) is 17.2 Å². The number of aromatic nitrogens is 5. The van der Waals surface area contributed by atoms with E-state index in [1.54, 1.807) is 4.68 Å². The number of H-pyrrole nitrogens is 1. The maximum Gasteiger partial charge on any atom is 0.199 e. The lowest BCUT2D eigenvalue weighted by molar-refractivity contribution is 0.553. The van der Waals surface area contributed by atoms with Gasteiger partial charge in [-0.05, 0) is 24.8 Å². The minimum Gasteiger partial charge on any atom is -0.264 e. The van der Waals surface area contributed by atoms with Gasteiger partial charge in [0, 0.05) is 18.4 Å². The molecule has 25 heavy (non-hydrogen) atoms. The zero-order chi connectivity index (χ0) is 18.4. The Kier molecular flexibility index (Phi) is 4.51. The quantitative estimate of drug-likeness (QED) is 0.848. The van der Waals surface area contributed by atoms with E-state index in [1.807, 2.05) is 20.0 Å². The highest BCUT2D eigenvalue weighted by atomic mass is 32.2. The van der Waals surface area contributed by atoms with Crippen LogP contribution in [0.1, 0.15) is 58.0 Å². The van der Waals surface area contributed by atoms with Crippen molar-refractivity contribution in [2.75, 3.05) is 11.5 Å². The van der Waals surface area contributed by atoms with E-state index < -0.39 is 9.84 Å². The summed E-state index contributed by atoms with van der Waals surface area (Å²) < 4.78 is 26.2. The zero-order valence-corrected chi connectivity index (χ0v) is 16.4. The van der Waals surface area contributed by atoms with Crippen LogP contribution in [0.4, 0.5) is 0 Å². The van der Waals surface area contributed by atoms with Gasteiger partial charge in [-0.1, -0.05) is 27.7 Å². The van der Waals surface area contributed by atoms with E-state index >= 15 is 0 Å². The topological polar surface area (TPSA) is 93.5 Å². The fraction of sp³-hybridized carbons (Fsp3) is 0.706. The molecule has 0 aliphatic heterocycles. The van der Waals surface area contributed by atoms with Crippen molar-refractivity contribution in [3.8, 4) is 11.5 Å². The molecular formula is C17H27N5O2S. The van der Waals surface area contributed by atoms with Crippen molar-refractivity contribution in [3.63, 3.8) is 0 Å². The number of aryl methyl sites for hydroxylation is 1. The van der Waals surface area contributed by atoms with Gasteiger partial charge in [-0.25, -0.2) is 13.4 Å². The predicted octanol–water partition coefficient (Wildman–Crippen LogP) is 2.43. The summed E-state index contributed by atoms with van der Waals surface area (Å²) in [5.74, 6) is 1.72. The van der Waals surface area contributed by atoms with Crippen LogP contribution in [0.3, 0.4) is 0 Å². The molecule has 1 aliphatic rings. The third-order valence-electron chi connectivity index (χ3n) is 4.54. The minimum absolute atomic E-state index is 0.0562. The molecule has 1 fully saturated rings. The van der Waals surface area contributed by atoms with Gasteiger partial charge < -0.3 is 0 Å². The van der Waals surface area contributed by atoms with Gasteiger partial charge in [-0.3, -0.25) is 9.78 Å². The third kappa shape index (κ3) is 4.29. The molecular weight excluding hydrogens is 338 g/mol. The van der Waals surface area contributed by atoms with E-state index in [4.69, 9.17) is 0 Å². The van der Waals surface area contributed by atoms with Crippen molar-refractivity contribution < 1.29 is 8.42 Å². The van der Waals surface area contributed by atoms with Crippen molar-refractivity contribution in [1.82, 2.24) is 25.0 Å². The summed E-state index contributed by atoms with van der Waals surface area (Å²) in [5, 5.41) is 11.7. The molecule has 0 saturated heterocycles. The van der Waals surface area contributed by atoms with Gasteiger partial charge in [0.1, 0.15) is 11.5 Å². The summed E-state index contributed by atoms with van der Waals surface area (Å²) in [6.07, 6.45) is 2.08. The number of hydrogen-bond donors (Lipinski definition) is 1. The van der Waals surface area contributed by atoms with Gasteiger partial charge in [0.2, 0.25) is 0 Å². The Balaban J connectivity index is 1.77. The van der Waals surface area contributed by atoms with Crippen molar-refractivity contribution in [3.05, 3.63) is 17.6 Å². The third-order valence-corrected chi connectivity index (χ3v) is 6.52. The lowest BCUT2D eigenvalue weighted by atomic mass is 9.92. The molecule has 1 saturated carbocycles. The van der Waals surface area contributed by atoms with E-state index in [-0.39, 0.29) is 17.1 Å². The number of nitrogens with zero attached hydrogens (tertiary/aromatic N) is 4. The lowest BCUT2D eigenvalue weighted by Gasteiger charge is -2.13. The number of aromatic amines is 1. The van der Waals surface area contributed by atoms with Crippen LogP contribution < -0.4 is 0 Å². The Bertz CT molecular complexity index is 856. The van der Waals surface area contributed by atoms with E-state index in [2.05, 4.69) is 41.1 Å². The summed E-state index contributed by atoms with van der Waals surface area (Å²) in [7, 11) is -1.18. The molecule has 0 radical (unpaired) electrons. The SMILES string of the molecule is CC(CS(=O)(=O)CC1CC1)c1nc(-c2cc(C(C)(C)C)nn2C)n[nH]1. The smallest absolute Gasteiger partial charge is 0.199 e. The molecule has 8 heteroatoms. The Labute approximate surface area is 149 Å². The van der Waals surface area contributed by atoms with Gasteiger partial charge >= 0.3 is 0 Å². The molecule has 1 aliphatic carbocycles. The standard InChI is InChI=1S/C17H27N5O2S/c1-11(9-25(23,24)10-12-6-7-12)15-18-16(20-19-15)13-8-14(17(2,3)4)21-22(13)5/h8,11-12H,6-7,9-10H2,1-5H3,(H,18,19,20). The maximum atomic E-state index is 12.2. The van der Waals surface area contributed by atoms with Crippen molar-refractivity contribution in [2.24, 2.45) is 13.0 Å². The predicted molar refractivity (Wildman–Crippen MR) is 97.1 cm³/mol. The largest absolute Gasteiger partial charge is 0.264 e. The van der Waals surface area contributed by atoms with Crippen LogP contribution in [0.2, 0.25) is 0 Å². The van der Waals surface area contributed by atoms with Crippen molar-refractivity contribution in [2.45, 2.75) is 51.9 Å². The van der Waals surface area contributed by atoms with E-state index in [9.17, 15) is 8.42 Å². The second kappa shape index (κ2) is 6.23. The molecule has 2 aromatic heterocycles. The van der Waals surface area contributed by atoms with Crippen LogP contribution in [0.5, 0.6) is 0 Å². The van der Waals surface area contributed by atoms with Crippen LogP contribution in [-0.4, -0.2) is 44.9 Å². The van der Waals surface area contributed by atoms with Gasteiger partial charge in [0.25, 0.3) is 0 Å². The molecule has 1 atom stereocenters. The normalized spacial score (nSPS) is 17.0. The van der Waals surface area contributed by atoms with E-state index in [1.165, 1.54) is 0 Å². The first-order valence-electron chi connectivity index (χ1n) is 8.73. The number of rotatable bonds is 6. The highest BCUT2D eigenvalue weighted by Crippen LogP contribution is 2.31. The summed E-state index contributed by atoms with van der Waals surface area (Å²) >= 11 is 0. The zero-order valence-electron chi connectivity index (χ0n) is 15.6. The fourth-order valence-corrected chi connectivity index (χ4v) is 4.93. The number of sulfone groups is 1.